The molecule has 1 N–H and O–H groups in total. The number of aromatic nitrogens is 1. The van der Waals surface area contributed by atoms with E-state index in [0.717, 1.165) is 24.2 Å². The average Bonchev–Trinajstić information content (AvgIpc) is 2.94. The van der Waals surface area contributed by atoms with Gasteiger partial charge in [0.05, 0.1) is 0 Å². The van der Waals surface area contributed by atoms with Gasteiger partial charge in [0.15, 0.2) is 0 Å². The number of amides is 1. The van der Waals surface area contributed by atoms with Crippen molar-refractivity contribution < 1.29 is 14.4 Å². The zero-order valence-electron chi connectivity index (χ0n) is 17.0. The topological polar surface area (TPSA) is 63.6 Å². The van der Waals surface area contributed by atoms with E-state index in [2.05, 4.69) is 42.4 Å². The molecule has 0 radical (unpaired) electrons. The number of hydrogen-bond acceptors (Lipinski definition) is 4. The number of piperidine rings is 1. The summed E-state index contributed by atoms with van der Waals surface area (Å²) < 4.78 is 2.04. The highest BCUT2D eigenvalue weighted by molar-refractivity contribution is 5.91. The molecule has 28 heavy (non-hydrogen) atoms. The number of carbonyl (C=O) groups is 2. The Morgan fingerprint density at radius 1 is 1.32 bits per heavy atom. The van der Waals surface area contributed by atoms with Crippen LogP contribution in [-0.2, 0) is 27.4 Å². The highest BCUT2D eigenvalue weighted by Gasteiger charge is 2.38. The lowest BCUT2D eigenvalue weighted by atomic mass is 9.74. The summed E-state index contributed by atoms with van der Waals surface area (Å²) in [6.45, 7) is 8.10. The summed E-state index contributed by atoms with van der Waals surface area (Å²) >= 11 is 0. The van der Waals surface area contributed by atoms with Crippen LogP contribution in [0.2, 0.25) is 0 Å². The van der Waals surface area contributed by atoms with Gasteiger partial charge in [-0.3, -0.25) is 9.69 Å². The Bertz CT molecular complexity index is 915. The first kappa shape index (κ1) is 19.0. The Labute approximate surface area is 165 Å². The molecule has 1 saturated heterocycles. The summed E-state index contributed by atoms with van der Waals surface area (Å²) in [7, 11) is 0. The van der Waals surface area contributed by atoms with E-state index in [1.165, 1.54) is 49.2 Å². The second-order valence-electron chi connectivity index (χ2n) is 8.08. The van der Waals surface area contributed by atoms with Crippen molar-refractivity contribution in [3.63, 3.8) is 0 Å². The first-order valence-corrected chi connectivity index (χ1v) is 10.3. The second kappa shape index (κ2) is 7.59. The molecule has 6 heteroatoms. The molecule has 4 rings (SSSR count). The van der Waals surface area contributed by atoms with Crippen molar-refractivity contribution in [3.05, 3.63) is 35.0 Å². The fraction of sp³-hybridized carbons (Fsp3) is 0.545. The van der Waals surface area contributed by atoms with E-state index in [9.17, 15) is 9.59 Å². The Hall–Kier alpha value is -2.34. The Morgan fingerprint density at radius 3 is 2.89 bits per heavy atom. The molecule has 1 fully saturated rings. The SMILES string of the molecule is CCCN1CCC[C@@H]2c3cccc4c3c(c(C)n4CC(=O)ONC(C)=O)C[C@H]21. The summed E-state index contributed by atoms with van der Waals surface area (Å²) in [5.41, 5.74) is 7.15. The van der Waals surface area contributed by atoms with Gasteiger partial charge in [-0.2, -0.15) is 5.48 Å². The van der Waals surface area contributed by atoms with Crippen molar-refractivity contribution in [2.75, 3.05) is 13.1 Å². The van der Waals surface area contributed by atoms with Crippen LogP contribution in [0.25, 0.3) is 10.9 Å². The molecule has 2 aliphatic rings. The first-order chi connectivity index (χ1) is 13.5. The minimum Gasteiger partial charge on any atom is -0.339 e. The number of nitrogens with zero attached hydrogens (tertiary/aromatic N) is 2. The largest absolute Gasteiger partial charge is 0.351 e. The molecule has 0 unspecified atom stereocenters. The van der Waals surface area contributed by atoms with Crippen LogP contribution in [0.3, 0.4) is 0 Å². The lowest BCUT2D eigenvalue weighted by Gasteiger charge is -2.44. The number of hydrogen-bond donors (Lipinski definition) is 1. The van der Waals surface area contributed by atoms with Crippen LogP contribution in [0, 0.1) is 6.92 Å². The fourth-order valence-corrected chi connectivity index (χ4v) is 5.22. The van der Waals surface area contributed by atoms with Crippen molar-refractivity contribution in [3.8, 4) is 0 Å². The van der Waals surface area contributed by atoms with Crippen LogP contribution in [0.1, 0.15) is 55.8 Å². The molecule has 1 aromatic heterocycles. The van der Waals surface area contributed by atoms with Gasteiger partial charge in [0, 0.05) is 35.5 Å². The highest BCUT2D eigenvalue weighted by atomic mass is 16.7. The number of carbonyl (C=O) groups excluding carboxylic acids is 2. The second-order valence-corrected chi connectivity index (χ2v) is 8.08. The van der Waals surface area contributed by atoms with Gasteiger partial charge >= 0.3 is 5.97 Å². The van der Waals surface area contributed by atoms with Crippen LogP contribution in [0.15, 0.2) is 18.2 Å². The Kier molecular flexibility index (Phi) is 5.15. The summed E-state index contributed by atoms with van der Waals surface area (Å²) in [5.74, 6) is -0.280. The van der Waals surface area contributed by atoms with E-state index in [-0.39, 0.29) is 12.5 Å². The molecule has 1 aromatic carbocycles. The van der Waals surface area contributed by atoms with Gasteiger partial charge in [-0.25, -0.2) is 4.79 Å². The zero-order chi connectivity index (χ0) is 19.8. The summed E-state index contributed by atoms with van der Waals surface area (Å²) in [5, 5.41) is 1.33. The van der Waals surface area contributed by atoms with E-state index < -0.39 is 5.97 Å². The number of rotatable bonds is 4. The summed E-state index contributed by atoms with van der Waals surface area (Å²) in [4.78, 5) is 30.8. The average molecular weight is 383 g/mol. The number of hydroxylamine groups is 1. The van der Waals surface area contributed by atoms with Gasteiger partial charge in [-0.15, -0.1) is 0 Å². The molecule has 2 heterocycles. The van der Waals surface area contributed by atoms with Crippen LogP contribution in [0.5, 0.6) is 0 Å². The number of fused-ring (bicyclic) bond motifs is 2. The van der Waals surface area contributed by atoms with Crippen molar-refractivity contribution in [1.82, 2.24) is 14.9 Å². The Morgan fingerprint density at radius 2 is 2.14 bits per heavy atom. The van der Waals surface area contributed by atoms with Gasteiger partial charge in [0.1, 0.15) is 6.54 Å². The third-order valence-corrected chi connectivity index (χ3v) is 6.32. The molecule has 0 spiro atoms. The molecule has 2 aromatic rings. The first-order valence-electron chi connectivity index (χ1n) is 10.3. The van der Waals surface area contributed by atoms with E-state index in [0.29, 0.717) is 12.0 Å². The standard InChI is InChI=1S/C22H29N3O3/c1-4-10-24-11-6-8-16-17-7-5-9-19-22(17)18(12-20(16)24)14(2)25(19)13-21(27)28-23-15(3)26/h5,7,9,16,20H,4,6,8,10-13H2,1-3H3,(H,23,26)/t16-,20-/m1/s1. The number of nitrogens with one attached hydrogen (secondary N) is 1. The smallest absolute Gasteiger partial charge is 0.339 e. The van der Waals surface area contributed by atoms with E-state index in [1.54, 1.807) is 0 Å². The normalized spacial score (nSPS) is 21.4. The molecule has 6 nitrogen and oxygen atoms in total. The molecule has 0 saturated carbocycles. The van der Waals surface area contributed by atoms with E-state index in [1.807, 2.05) is 4.57 Å². The van der Waals surface area contributed by atoms with Gasteiger partial charge < -0.3 is 9.40 Å². The van der Waals surface area contributed by atoms with Gasteiger partial charge in [-0.05, 0) is 62.9 Å². The van der Waals surface area contributed by atoms with Gasteiger partial charge in [0.25, 0.3) is 0 Å². The minimum absolute atomic E-state index is 0.0973. The monoisotopic (exact) mass is 383 g/mol. The molecular weight excluding hydrogens is 354 g/mol. The lowest BCUT2D eigenvalue weighted by Crippen LogP contribution is -2.47. The van der Waals surface area contributed by atoms with Crippen LogP contribution >= 0.6 is 0 Å². The minimum atomic E-state index is -0.462. The van der Waals surface area contributed by atoms with Gasteiger partial charge in [0.2, 0.25) is 5.91 Å². The predicted octanol–water partition coefficient (Wildman–Crippen LogP) is 3.06. The van der Waals surface area contributed by atoms with E-state index >= 15 is 0 Å². The molecule has 1 aliphatic heterocycles. The van der Waals surface area contributed by atoms with Crippen LogP contribution < -0.4 is 5.48 Å². The lowest BCUT2D eigenvalue weighted by molar-refractivity contribution is -0.158. The summed E-state index contributed by atoms with van der Waals surface area (Å²) in [6, 6.07) is 7.02. The van der Waals surface area contributed by atoms with Gasteiger partial charge in [-0.1, -0.05) is 19.1 Å². The van der Waals surface area contributed by atoms with Crippen molar-refractivity contribution in [2.45, 2.75) is 65.0 Å². The number of likely N-dealkylation sites (tertiary alicyclic amines) is 1. The molecule has 2 atom stereocenters. The van der Waals surface area contributed by atoms with Crippen LogP contribution in [-0.4, -0.2) is 40.5 Å². The maximum absolute atomic E-state index is 12.2. The fourth-order valence-electron chi connectivity index (χ4n) is 5.22. The molecule has 150 valence electrons. The molecule has 1 amide bonds. The van der Waals surface area contributed by atoms with Crippen molar-refractivity contribution in [1.29, 1.82) is 0 Å². The molecular formula is C22H29N3O3. The Balaban J connectivity index is 1.72. The highest BCUT2D eigenvalue weighted by Crippen LogP contribution is 2.45. The molecule has 1 aliphatic carbocycles. The van der Waals surface area contributed by atoms with Crippen molar-refractivity contribution >= 4 is 22.8 Å². The maximum atomic E-state index is 12.2. The predicted molar refractivity (Wildman–Crippen MR) is 108 cm³/mol. The molecule has 0 bridgehead atoms. The van der Waals surface area contributed by atoms with E-state index in [4.69, 9.17) is 4.84 Å². The number of benzene rings is 1. The summed E-state index contributed by atoms with van der Waals surface area (Å²) in [6.07, 6.45) is 4.70. The third-order valence-electron chi connectivity index (χ3n) is 6.32. The zero-order valence-corrected chi connectivity index (χ0v) is 17.0. The van der Waals surface area contributed by atoms with Crippen molar-refractivity contribution in [2.24, 2.45) is 0 Å². The van der Waals surface area contributed by atoms with Crippen LogP contribution in [0.4, 0.5) is 0 Å². The maximum Gasteiger partial charge on any atom is 0.351 e. The quantitative estimate of drug-likeness (QED) is 0.825. The third kappa shape index (κ3) is 3.20.